The van der Waals surface area contributed by atoms with E-state index in [1.54, 1.807) is 0 Å². The van der Waals surface area contributed by atoms with Crippen molar-refractivity contribution in [2.45, 2.75) is 45.1 Å². The number of carbonyl (C=O) groups excluding carboxylic acids is 1. The van der Waals surface area contributed by atoms with Gasteiger partial charge in [0.1, 0.15) is 11.5 Å². The van der Waals surface area contributed by atoms with Gasteiger partial charge in [0, 0.05) is 37.6 Å². The minimum Gasteiger partial charge on any atom is -0.457 e. The zero-order valence-electron chi connectivity index (χ0n) is 18.9. The Bertz CT molecular complexity index is 845. The quantitative estimate of drug-likeness (QED) is 0.505. The summed E-state index contributed by atoms with van der Waals surface area (Å²) >= 11 is 1.92. The number of benzene rings is 2. The first-order valence-corrected chi connectivity index (χ1v) is 12.7. The lowest BCUT2D eigenvalue weighted by molar-refractivity contribution is 0.0372. The first-order chi connectivity index (χ1) is 15.7. The number of hydrogen-bond donors (Lipinski definition) is 1. The predicted molar refractivity (Wildman–Crippen MR) is 130 cm³/mol. The van der Waals surface area contributed by atoms with E-state index in [0.717, 1.165) is 69.1 Å². The summed E-state index contributed by atoms with van der Waals surface area (Å²) in [6.45, 7) is 5.94. The Balaban J connectivity index is 1.35. The molecule has 5 nitrogen and oxygen atoms in total. The molecule has 2 aromatic rings. The summed E-state index contributed by atoms with van der Waals surface area (Å²) in [6, 6.07) is 17.0. The number of carbonyl (C=O) groups is 1. The topological polar surface area (TPSA) is 50.8 Å². The fourth-order valence-corrected chi connectivity index (χ4v) is 5.49. The maximum Gasteiger partial charge on any atom is 0.251 e. The third-order valence-corrected chi connectivity index (χ3v) is 7.49. The van der Waals surface area contributed by atoms with Crippen LogP contribution in [0.3, 0.4) is 0 Å². The van der Waals surface area contributed by atoms with E-state index >= 15 is 0 Å². The lowest BCUT2D eigenvalue weighted by Gasteiger charge is -2.42. The molecule has 1 amide bonds. The molecule has 0 radical (unpaired) electrons. The molecule has 2 aliphatic heterocycles. The number of nitrogens with one attached hydrogen (secondary N) is 1. The first kappa shape index (κ1) is 23.1. The number of rotatable bonds is 9. The number of piperidine rings is 1. The van der Waals surface area contributed by atoms with Crippen molar-refractivity contribution in [3.05, 3.63) is 60.2 Å². The van der Waals surface area contributed by atoms with Gasteiger partial charge in [-0.05, 0) is 73.9 Å². The molecule has 2 aromatic carbocycles. The van der Waals surface area contributed by atoms with Crippen LogP contribution in [0.15, 0.2) is 54.6 Å². The largest absolute Gasteiger partial charge is 0.457 e. The molecule has 172 valence electrons. The van der Waals surface area contributed by atoms with E-state index in [1.165, 1.54) is 0 Å². The molecular weight excluding hydrogens is 420 g/mol. The molecule has 2 aliphatic rings. The highest BCUT2D eigenvalue weighted by Crippen LogP contribution is 2.39. The van der Waals surface area contributed by atoms with Crippen LogP contribution in [0.25, 0.3) is 0 Å². The molecule has 6 heteroatoms. The third-order valence-electron chi connectivity index (χ3n) is 6.50. The van der Waals surface area contributed by atoms with Crippen molar-refractivity contribution in [1.29, 1.82) is 0 Å². The average molecular weight is 455 g/mol. The molecule has 0 spiro atoms. The Morgan fingerprint density at radius 2 is 1.84 bits per heavy atom. The van der Waals surface area contributed by atoms with Gasteiger partial charge in [-0.1, -0.05) is 37.1 Å². The summed E-state index contributed by atoms with van der Waals surface area (Å²) in [4.78, 5) is 12.9. The average Bonchev–Trinajstić information content (AvgIpc) is 3.33. The fraction of sp³-hybridized carbons (Fsp3) is 0.500. The van der Waals surface area contributed by atoms with Gasteiger partial charge in [-0.3, -0.25) is 9.10 Å². The summed E-state index contributed by atoms with van der Waals surface area (Å²) < 4.78 is 14.3. The zero-order valence-corrected chi connectivity index (χ0v) is 19.7. The van der Waals surface area contributed by atoms with Crippen molar-refractivity contribution >= 4 is 17.9 Å². The van der Waals surface area contributed by atoms with Crippen molar-refractivity contribution in [1.82, 2.24) is 9.62 Å². The zero-order chi connectivity index (χ0) is 22.2. The van der Waals surface area contributed by atoms with Gasteiger partial charge in [0.05, 0.1) is 6.10 Å². The molecule has 4 rings (SSSR count). The maximum absolute atomic E-state index is 12.9. The van der Waals surface area contributed by atoms with E-state index in [4.69, 9.17) is 9.47 Å². The SMILES string of the molecule is CCSN1CCC(CNC(=O)c2ccc(Oc3ccccc3)cc2)(CC2CCCO2)CC1. The molecule has 0 bridgehead atoms. The molecule has 2 heterocycles. The Morgan fingerprint density at radius 3 is 2.50 bits per heavy atom. The van der Waals surface area contributed by atoms with E-state index in [9.17, 15) is 4.79 Å². The number of para-hydroxylation sites is 1. The molecule has 0 aliphatic carbocycles. The Morgan fingerprint density at radius 1 is 1.12 bits per heavy atom. The summed E-state index contributed by atoms with van der Waals surface area (Å²) in [5.41, 5.74) is 0.780. The molecule has 1 unspecified atom stereocenters. The lowest BCUT2D eigenvalue weighted by atomic mass is 9.74. The normalized spacial score (nSPS) is 20.7. The summed E-state index contributed by atoms with van der Waals surface area (Å²) in [7, 11) is 0. The van der Waals surface area contributed by atoms with Crippen LogP contribution in [0.1, 0.15) is 49.4 Å². The standard InChI is InChI=1S/C26H34N2O3S/c1-2-32-28-16-14-26(15-17-28,19-24-9-6-18-30-24)20-27-25(29)21-10-12-23(13-11-21)31-22-7-4-3-5-8-22/h3-5,7-8,10-13,24H,2,6,9,14-20H2,1H3,(H,27,29). The highest BCUT2D eigenvalue weighted by atomic mass is 32.2. The van der Waals surface area contributed by atoms with Gasteiger partial charge in [-0.2, -0.15) is 0 Å². The second-order valence-corrected chi connectivity index (χ2v) is 10.2. The Hall–Kier alpha value is -2.02. The van der Waals surface area contributed by atoms with E-state index < -0.39 is 0 Å². The van der Waals surface area contributed by atoms with Crippen molar-refractivity contribution in [2.24, 2.45) is 5.41 Å². The van der Waals surface area contributed by atoms with Gasteiger partial charge >= 0.3 is 0 Å². The van der Waals surface area contributed by atoms with E-state index in [0.29, 0.717) is 18.2 Å². The number of nitrogens with zero attached hydrogens (tertiary/aromatic N) is 1. The van der Waals surface area contributed by atoms with Gasteiger partial charge in [-0.15, -0.1) is 0 Å². The van der Waals surface area contributed by atoms with Crippen LogP contribution in [0.5, 0.6) is 11.5 Å². The summed E-state index contributed by atoms with van der Waals surface area (Å²) in [5, 5.41) is 3.24. The van der Waals surface area contributed by atoms with E-state index in [1.807, 2.05) is 66.5 Å². The Kier molecular flexibility index (Phi) is 8.11. The van der Waals surface area contributed by atoms with Crippen LogP contribution in [0.2, 0.25) is 0 Å². The molecule has 0 aromatic heterocycles. The molecule has 2 fully saturated rings. The van der Waals surface area contributed by atoms with Gasteiger partial charge in [-0.25, -0.2) is 0 Å². The van der Waals surface area contributed by atoms with Gasteiger partial charge in [0.15, 0.2) is 0 Å². The van der Waals surface area contributed by atoms with Crippen molar-refractivity contribution < 1.29 is 14.3 Å². The minimum absolute atomic E-state index is 0.0201. The number of hydrogen-bond acceptors (Lipinski definition) is 5. The van der Waals surface area contributed by atoms with Gasteiger partial charge in [0.2, 0.25) is 0 Å². The minimum atomic E-state index is -0.0201. The summed E-state index contributed by atoms with van der Waals surface area (Å²) in [5.74, 6) is 2.60. The highest BCUT2D eigenvalue weighted by molar-refractivity contribution is 7.96. The molecule has 1 atom stereocenters. The Labute approximate surface area is 196 Å². The van der Waals surface area contributed by atoms with Crippen LogP contribution in [0.4, 0.5) is 0 Å². The summed E-state index contributed by atoms with van der Waals surface area (Å²) in [6.07, 6.45) is 5.89. The highest BCUT2D eigenvalue weighted by Gasteiger charge is 2.38. The van der Waals surface area contributed by atoms with Gasteiger partial charge in [0.25, 0.3) is 5.91 Å². The van der Waals surface area contributed by atoms with Crippen LogP contribution in [0, 0.1) is 5.41 Å². The molecule has 1 N–H and O–H groups in total. The molecule has 2 saturated heterocycles. The van der Waals surface area contributed by atoms with E-state index in [-0.39, 0.29) is 11.3 Å². The second-order valence-electron chi connectivity index (χ2n) is 8.81. The maximum atomic E-state index is 12.9. The fourth-order valence-electron chi connectivity index (χ4n) is 4.68. The smallest absolute Gasteiger partial charge is 0.251 e. The molecule has 32 heavy (non-hydrogen) atoms. The third kappa shape index (κ3) is 6.27. The first-order valence-electron chi connectivity index (χ1n) is 11.8. The van der Waals surface area contributed by atoms with Crippen LogP contribution in [-0.2, 0) is 4.74 Å². The lowest BCUT2D eigenvalue weighted by Crippen LogP contribution is -2.46. The number of amides is 1. The molecule has 0 saturated carbocycles. The van der Waals surface area contributed by atoms with Crippen molar-refractivity contribution in [2.75, 3.05) is 32.0 Å². The van der Waals surface area contributed by atoms with Crippen LogP contribution in [-0.4, -0.2) is 48.3 Å². The monoisotopic (exact) mass is 454 g/mol. The second kappa shape index (κ2) is 11.2. The van der Waals surface area contributed by atoms with Crippen molar-refractivity contribution in [3.8, 4) is 11.5 Å². The van der Waals surface area contributed by atoms with Gasteiger partial charge < -0.3 is 14.8 Å². The van der Waals surface area contributed by atoms with E-state index in [2.05, 4.69) is 16.5 Å². The van der Waals surface area contributed by atoms with Crippen LogP contribution < -0.4 is 10.1 Å². The predicted octanol–water partition coefficient (Wildman–Crippen LogP) is 5.53. The van der Waals surface area contributed by atoms with Crippen LogP contribution >= 0.6 is 11.9 Å². The van der Waals surface area contributed by atoms with Crippen molar-refractivity contribution in [3.63, 3.8) is 0 Å². The molecular formula is C26H34N2O3S. The number of ether oxygens (including phenoxy) is 2.